The van der Waals surface area contributed by atoms with Gasteiger partial charge in [-0.05, 0) is 37.3 Å². The Labute approximate surface area is 116 Å². The first-order valence-electron chi connectivity index (χ1n) is 5.97. The maximum absolute atomic E-state index is 13.2. The summed E-state index contributed by atoms with van der Waals surface area (Å²) >= 11 is 1.49. The fourth-order valence-corrected chi connectivity index (χ4v) is 3.01. The van der Waals surface area contributed by atoms with Gasteiger partial charge in [0, 0.05) is 21.4 Å². The number of hydrogen-bond acceptors (Lipinski definition) is 3. The van der Waals surface area contributed by atoms with Crippen LogP contribution >= 0.6 is 11.8 Å². The topological polar surface area (TPSA) is 35.2 Å². The number of methoxy groups -OCH3 is 1. The van der Waals surface area contributed by atoms with Crippen molar-refractivity contribution in [1.29, 1.82) is 0 Å². The van der Waals surface area contributed by atoms with Crippen LogP contribution in [-0.2, 0) is 0 Å². The Hall–Kier alpha value is -1.52. The molecule has 19 heavy (non-hydrogen) atoms. The van der Waals surface area contributed by atoms with E-state index in [1.807, 2.05) is 31.2 Å². The molecular weight excluding hydrogens is 261 g/mol. The summed E-state index contributed by atoms with van der Waals surface area (Å²) in [6.45, 7) is 1.91. The molecule has 2 nitrogen and oxygen atoms in total. The minimum Gasteiger partial charge on any atom is -0.496 e. The molecule has 0 saturated carbocycles. The van der Waals surface area contributed by atoms with E-state index in [9.17, 15) is 4.39 Å². The number of rotatable bonds is 4. The van der Waals surface area contributed by atoms with Gasteiger partial charge in [0.2, 0.25) is 0 Å². The molecule has 1 atom stereocenters. The van der Waals surface area contributed by atoms with Gasteiger partial charge in [0.05, 0.1) is 7.11 Å². The molecule has 0 aliphatic heterocycles. The highest BCUT2D eigenvalue weighted by Crippen LogP contribution is 2.37. The average Bonchev–Trinajstić information content (AvgIpc) is 2.38. The number of benzene rings is 2. The molecule has 0 aliphatic carbocycles. The van der Waals surface area contributed by atoms with E-state index < -0.39 is 0 Å². The van der Waals surface area contributed by atoms with Crippen LogP contribution in [0.25, 0.3) is 0 Å². The lowest BCUT2D eigenvalue weighted by molar-refractivity contribution is 0.405. The van der Waals surface area contributed by atoms with Crippen LogP contribution in [0, 0.1) is 5.82 Å². The average molecular weight is 277 g/mol. The summed E-state index contributed by atoms with van der Waals surface area (Å²) in [7, 11) is 1.62. The fourth-order valence-electron chi connectivity index (χ4n) is 1.90. The van der Waals surface area contributed by atoms with Crippen molar-refractivity contribution in [3.8, 4) is 5.75 Å². The Kier molecular flexibility index (Phi) is 4.45. The molecule has 0 fully saturated rings. The first kappa shape index (κ1) is 13.9. The second kappa shape index (κ2) is 6.08. The number of ether oxygens (including phenoxy) is 1. The van der Waals surface area contributed by atoms with Crippen molar-refractivity contribution < 1.29 is 9.13 Å². The Bertz CT molecular complexity index is 572. The van der Waals surface area contributed by atoms with Crippen LogP contribution < -0.4 is 10.5 Å². The van der Waals surface area contributed by atoms with Gasteiger partial charge in [0.15, 0.2) is 0 Å². The maximum atomic E-state index is 13.2. The third-order valence-electron chi connectivity index (χ3n) is 2.73. The van der Waals surface area contributed by atoms with Crippen molar-refractivity contribution in [2.24, 2.45) is 5.73 Å². The van der Waals surface area contributed by atoms with Gasteiger partial charge in [0.1, 0.15) is 11.6 Å². The van der Waals surface area contributed by atoms with Crippen LogP contribution in [0.2, 0.25) is 0 Å². The molecule has 0 amide bonds. The van der Waals surface area contributed by atoms with Gasteiger partial charge in [-0.3, -0.25) is 0 Å². The number of halogens is 1. The highest BCUT2D eigenvalue weighted by Gasteiger charge is 2.14. The van der Waals surface area contributed by atoms with Crippen molar-refractivity contribution in [2.75, 3.05) is 7.11 Å². The highest BCUT2D eigenvalue weighted by atomic mass is 32.2. The Morgan fingerprint density at radius 3 is 2.58 bits per heavy atom. The maximum Gasteiger partial charge on any atom is 0.124 e. The molecule has 0 aromatic heterocycles. The van der Waals surface area contributed by atoms with E-state index in [-0.39, 0.29) is 11.9 Å². The quantitative estimate of drug-likeness (QED) is 0.917. The zero-order valence-electron chi connectivity index (χ0n) is 10.9. The predicted octanol–water partition coefficient (Wildman–Crippen LogP) is 4.01. The summed E-state index contributed by atoms with van der Waals surface area (Å²) in [4.78, 5) is 1.83. The first-order chi connectivity index (χ1) is 9.11. The van der Waals surface area contributed by atoms with Crippen molar-refractivity contribution in [3.05, 3.63) is 53.8 Å². The van der Waals surface area contributed by atoms with Crippen LogP contribution in [0.4, 0.5) is 4.39 Å². The van der Waals surface area contributed by atoms with E-state index in [2.05, 4.69) is 0 Å². The molecule has 0 saturated heterocycles. The third-order valence-corrected chi connectivity index (χ3v) is 3.79. The predicted molar refractivity (Wildman–Crippen MR) is 76.1 cm³/mol. The second-order valence-corrected chi connectivity index (χ2v) is 5.34. The highest BCUT2D eigenvalue weighted by molar-refractivity contribution is 7.99. The van der Waals surface area contributed by atoms with Crippen molar-refractivity contribution in [1.82, 2.24) is 0 Å². The second-order valence-electron chi connectivity index (χ2n) is 4.22. The van der Waals surface area contributed by atoms with E-state index in [0.29, 0.717) is 0 Å². The van der Waals surface area contributed by atoms with E-state index >= 15 is 0 Å². The molecule has 0 heterocycles. The lowest BCUT2D eigenvalue weighted by Gasteiger charge is -2.16. The molecule has 0 unspecified atom stereocenters. The van der Waals surface area contributed by atoms with Crippen LogP contribution in [0.3, 0.4) is 0 Å². The molecular formula is C15H16FNOS. The van der Waals surface area contributed by atoms with Gasteiger partial charge in [-0.15, -0.1) is 0 Å². The Morgan fingerprint density at radius 1 is 1.21 bits per heavy atom. The zero-order valence-corrected chi connectivity index (χ0v) is 11.7. The zero-order chi connectivity index (χ0) is 13.8. The third kappa shape index (κ3) is 3.28. The van der Waals surface area contributed by atoms with Gasteiger partial charge in [-0.2, -0.15) is 0 Å². The Morgan fingerprint density at radius 2 is 1.95 bits per heavy atom. The monoisotopic (exact) mass is 277 g/mol. The van der Waals surface area contributed by atoms with Crippen molar-refractivity contribution >= 4 is 11.8 Å². The standard InChI is InChI=1S/C15H16FNOS/c1-10(17)15-13(18-2)7-4-8-14(15)19-12-6-3-5-11(16)9-12/h3-10H,17H2,1-2H3/t10-/m1/s1. The summed E-state index contributed by atoms with van der Waals surface area (Å²) in [5, 5.41) is 0. The molecule has 2 aromatic rings. The SMILES string of the molecule is COc1cccc(Sc2cccc(F)c2)c1[C@@H](C)N. The van der Waals surface area contributed by atoms with Gasteiger partial charge in [0.25, 0.3) is 0 Å². The van der Waals surface area contributed by atoms with Crippen LogP contribution in [0.1, 0.15) is 18.5 Å². The largest absolute Gasteiger partial charge is 0.496 e. The van der Waals surface area contributed by atoms with Crippen LogP contribution in [0.5, 0.6) is 5.75 Å². The Balaban J connectivity index is 2.39. The van der Waals surface area contributed by atoms with Crippen LogP contribution in [-0.4, -0.2) is 7.11 Å². The van der Waals surface area contributed by atoms with Crippen molar-refractivity contribution in [3.63, 3.8) is 0 Å². The van der Waals surface area contributed by atoms with Crippen LogP contribution in [0.15, 0.2) is 52.3 Å². The molecule has 2 N–H and O–H groups in total. The summed E-state index contributed by atoms with van der Waals surface area (Å²) in [5.74, 6) is 0.520. The fraction of sp³-hybridized carbons (Fsp3) is 0.200. The summed E-state index contributed by atoms with van der Waals surface area (Å²) in [5.41, 5.74) is 6.95. The molecule has 4 heteroatoms. The number of hydrogen-bond donors (Lipinski definition) is 1. The molecule has 0 spiro atoms. The molecule has 100 valence electrons. The molecule has 2 aromatic carbocycles. The normalized spacial score (nSPS) is 12.2. The summed E-state index contributed by atoms with van der Waals surface area (Å²) in [6.07, 6.45) is 0. The first-order valence-corrected chi connectivity index (χ1v) is 6.79. The van der Waals surface area contributed by atoms with E-state index in [1.54, 1.807) is 13.2 Å². The van der Waals surface area contributed by atoms with Gasteiger partial charge < -0.3 is 10.5 Å². The lowest BCUT2D eigenvalue weighted by Crippen LogP contribution is -2.08. The van der Waals surface area contributed by atoms with E-state index in [4.69, 9.17) is 10.5 Å². The minimum absolute atomic E-state index is 0.146. The lowest BCUT2D eigenvalue weighted by atomic mass is 10.1. The minimum atomic E-state index is -0.241. The summed E-state index contributed by atoms with van der Waals surface area (Å²) < 4.78 is 18.6. The van der Waals surface area contributed by atoms with Crippen molar-refractivity contribution in [2.45, 2.75) is 22.8 Å². The van der Waals surface area contributed by atoms with E-state index in [1.165, 1.54) is 23.9 Å². The van der Waals surface area contributed by atoms with E-state index in [0.717, 1.165) is 21.1 Å². The van der Waals surface area contributed by atoms with Gasteiger partial charge >= 0.3 is 0 Å². The van der Waals surface area contributed by atoms with Gasteiger partial charge in [-0.1, -0.05) is 23.9 Å². The number of nitrogens with two attached hydrogens (primary N) is 1. The summed E-state index contributed by atoms with van der Waals surface area (Å²) in [6, 6.07) is 12.1. The molecule has 2 rings (SSSR count). The molecule has 0 bridgehead atoms. The molecule has 0 radical (unpaired) electrons. The van der Waals surface area contributed by atoms with Gasteiger partial charge in [-0.25, -0.2) is 4.39 Å². The molecule has 0 aliphatic rings. The smallest absolute Gasteiger partial charge is 0.124 e.